The number of benzene rings is 9. The molecule has 12 aromatic rings. The lowest BCUT2D eigenvalue weighted by molar-refractivity contribution is 1.06. The highest BCUT2D eigenvalue weighted by Crippen LogP contribution is 2.43. The molecule has 0 aliphatic carbocycles. The summed E-state index contributed by atoms with van der Waals surface area (Å²) in [5, 5.41) is 43.7. The zero-order chi connectivity index (χ0) is 48.9. The Morgan fingerprint density at radius 3 is 1.29 bits per heavy atom. The highest BCUT2D eigenvalue weighted by atomic mass is 15.1. The summed E-state index contributed by atoms with van der Waals surface area (Å²) in [7, 11) is 0. The monoisotopic (exact) mass is 916 g/mol. The van der Waals surface area contributed by atoms with E-state index in [1.54, 1.807) is 24.3 Å². The van der Waals surface area contributed by atoms with Gasteiger partial charge in [-0.3, -0.25) is 0 Å². The molecule has 0 aliphatic rings. The molecule has 10 nitrogen and oxygen atoms in total. The third-order valence-electron chi connectivity index (χ3n) is 13.1. The van der Waals surface area contributed by atoms with E-state index in [1.807, 2.05) is 140 Å². The molecule has 0 atom stereocenters. The van der Waals surface area contributed by atoms with Gasteiger partial charge in [-0.2, -0.15) is 21.0 Å². The summed E-state index contributed by atoms with van der Waals surface area (Å²) in [6.45, 7) is 7.90. The molecule has 9 aromatic carbocycles. The molecule has 0 amide bonds. The molecule has 0 bridgehead atoms. The van der Waals surface area contributed by atoms with Gasteiger partial charge in [-0.15, -0.1) is 0 Å². The van der Waals surface area contributed by atoms with Crippen LogP contribution in [0.15, 0.2) is 194 Å². The lowest BCUT2D eigenvalue weighted by atomic mass is 9.93. The van der Waals surface area contributed by atoms with Crippen LogP contribution in [0.3, 0.4) is 0 Å². The summed E-state index contributed by atoms with van der Waals surface area (Å²) in [6, 6.07) is 71.2. The SMILES string of the molecule is [C-]#[N+]c1ccc2c(c1)c1cc(C#N)ccc1n2-c1ccc(-c2cc(-c3ccccc3C#N)ccc2-n2c3ccc(C#N)cc3c3cc(C#N)ccc32)cc1-c1nc(-c2ccccc2)nc(-c2ccccc2)n1. The van der Waals surface area contributed by atoms with Crippen LogP contribution in [0.4, 0.5) is 5.69 Å². The third-order valence-corrected chi connectivity index (χ3v) is 13.1. The first-order valence-electron chi connectivity index (χ1n) is 22.9. The second-order valence-corrected chi connectivity index (χ2v) is 17.2. The molecule has 330 valence electrons. The number of hydrogen-bond donors (Lipinski definition) is 0. The number of fused-ring (bicyclic) bond motifs is 6. The molecule has 0 unspecified atom stereocenters. The van der Waals surface area contributed by atoms with E-state index < -0.39 is 0 Å². The number of hydrogen-bond acceptors (Lipinski definition) is 7. The Hall–Kier alpha value is -11.0. The fraction of sp³-hybridized carbons (Fsp3) is 0. The van der Waals surface area contributed by atoms with Gasteiger partial charge in [-0.25, -0.2) is 19.8 Å². The van der Waals surface area contributed by atoms with Crippen molar-refractivity contribution in [2.75, 3.05) is 0 Å². The molecule has 10 heteroatoms. The molecule has 0 saturated heterocycles. The molecule has 0 fully saturated rings. The Morgan fingerprint density at radius 2 is 0.792 bits per heavy atom. The maximum absolute atomic E-state index is 10.3. The van der Waals surface area contributed by atoms with Crippen LogP contribution < -0.4 is 0 Å². The molecule has 72 heavy (non-hydrogen) atoms. The van der Waals surface area contributed by atoms with Crippen LogP contribution in [0.5, 0.6) is 0 Å². The number of rotatable bonds is 7. The molecule has 3 heterocycles. The van der Waals surface area contributed by atoms with Crippen molar-refractivity contribution in [3.8, 4) is 92.1 Å². The number of aromatic nitrogens is 5. The average molecular weight is 917 g/mol. The molecular weight excluding hydrogens is 885 g/mol. The summed E-state index contributed by atoms with van der Waals surface area (Å²) in [5.41, 5.74) is 12.8. The van der Waals surface area contributed by atoms with Gasteiger partial charge in [0, 0.05) is 38.4 Å². The van der Waals surface area contributed by atoms with Gasteiger partial charge < -0.3 is 9.13 Å². The van der Waals surface area contributed by atoms with E-state index in [1.165, 1.54) is 0 Å². The lowest BCUT2D eigenvalue weighted by Gasteiger charge is -2.19. The standard InChI is InChI=1S/C62H32N10/c1-67-46-21-27-58-52(33-46)51-30-40(36-65)18-24-57(51)72(58)59-26-20-44(32-53(59)62-69-60(41-10-4-2-5-11-41)68-61(70-62)42-12-6-3-7-13-42)48-31-43(47-15-9-8-14-45(47)37-66)19-25-54(48)71-55-22-16-38(34-63)28-49(55)50-29-39(35-64)17-23-56(50)71/h2-33H. The topological polar surface area (TPSA) is 148 Å². The van der Waals surface area contributed by atoms with E-state index >= 15 is 0 Å². The summed E-state index contributed by atoms with van der Waals surface area (Å²) in [6.07, 6.45) is 0. The van der Waals surface area contributed by atoms with Crippen molar-refractivity contribution >= 4 is 49.3 Å². The first kappa shape index (κ1) is 42.4. The van der Waals surface area contributed by atoms with E-state index in [2.05, 4.69) is 68.6 Å². The van der Waals surface area contributed by atoms with Crippen LogP contribution in [-0.2, 0) is 0 Å². The quantitative estimate of drug-likeness (QED) is 0.145. The molecule has 0 radical (unpaired) electrons. The van der Waals surface area contributed by atoms with Crippen molar-refractivity contribution in [3.63, 3.8) is 0 Å². The minimum absolute atomic E-state index is 0.401. The van der Waals surface area contributed by atoms with Crippen LogP contribution >= 0.6 is 0 Å². The minimum Gasteiger partial charge on any atom is -0.309 e. The van der Waals surface area contributed by atoms with Crippen LogP contribution in [0.2, 0.25) is 0 Å². The van der Waals surface area contributed by atoms with Gasteiger partial charge in [-0.1, -0.05) is 97.1 Å². The maximum atomic E-state index is 10.3. The Bertz CT molecular complexity index is 4250. The van der Waals surface area contributed by atoms with Crippen LogP contribution in [0.1, 0.15) is 22.3 Å². The summed E-state index contributed by atoms with van der Waals surface area (Å²) >= 11 is 0. The van der Waals surface area contributed by atoms with E-state index in [0.29, 0.717) is 51.0 Å². The third kappa shape index (κ3) is 7.04. The van der Waals surface area contributed by atoms with Crippen LogP contribution in [0.25, 0.3) is 116 Å². The van der Waals surface area contributed by atoms with Crippen molar-refractivity contribution in [3.05, 3.63) is 228 Å². The Kier molecular flexibility index (Phi) is 10.2. The van der Waals surface area contributed by atoms with Gasteiger partial charge in [0.15, 0.2) is 23.2 Å². The zero-order valence-corrected chi connectivity index (χ0v) is 37.9. The van der Waals surface area contributed by atoms with E-state index in [0.717, 1.165) is 88.4 Å². The smallest absolute Gasteiger partial charge is 0.188 e. The van der Waals surface area contributed by atoms with Gasteiger partial charge in [0.2, 0.25) is 0 Å². The van der Waals surface area contributed by atoms with Crippen molar-refractivity contribution < 1.29 is 0 Å². The second kappa shape index (κ2) is 17.3. The first-order valence-corrected chi connectivity index (χ1v) is 22.9. The summed E-state index contributed by atoms with van der Waals surface area (Å²) in [4.78, 5) is 19.4. The Labute approximate surface area is 412 Å². The fourth-order valence-corrected chi connectivity index (χ4v) is 9.80. The predicted octanol–water partition coefficient (Wildman–Crippen LogP) is 14.4. The van der Waals surface area contributed by atoms with Crippen molar-refractivity contribution in [2.24, 2.45) is 0 Å². The lowest BCUT2D eigenvalue weighted by Crippen LogP contribution is -2.04. The molecule has 0 aliphatic heterocycles. The fourth-order valence-electron chi connectivity index (χ4n) is 9.80. The maximum Gasteiger partial charge on any atom is 0.188 e. The second-order valence-electron chi connectivity index (χ2n) is 17.2. The number of nitriles is 4. The largest absolute Gasteiger partial charge is 0.309 e. The molecule has 3 aromatic heterocycles. The predicted molar refractivity (Wildman–Crippen MR) is 281 cm³/mol. The molecular formula is C62H32N10. The highest BCUT2D eigenvalue weighted by Gasteiger charge is 2.24. The van der Waals surface area contributed by atoms with Gasteiger partial charge >= 0.3 is 0 Å². The molecule has 12 rings (SSSR count). The van der Waals surface area contributed by atoms with Crippen molar-refractivity contribution in [1.82, 2.24) is 24.1 Å². The van der Waals surface area contributed by atoms with Gasteiger partial charge in [-0.05, 0) is 119 Å². The Balaban J connectivity index is 1.21. The molecule has 0 N–H and O–H groups in total. The normalized spacial score (nSPS) is 11.0. The summed E-state index contributed by atoms with van der Waals surface area (Å²) < 4.78 is 4.30. The first-order chi connectivity index (χ1) is 35.4. The zero-order valence-electron chi connectivity index (χ0n) is 37.9. The average Bonchev–Trinajstić information content (AvgIpc) is 3.95. The van der Waals surface area contributed by atoms with Crippen molar-refractivity contribution in [2.45, 2.75) is 0 Å². The summed E-state index contributed by atoms with van der Waals surface area (Å²) in [5.74, 6) is 1.36. The van der Waals surface area contributed by atoms with Gasteiger partial charge in [0.05, 0.1) is 86.5 Å². The van der Waals surface area contributed by atoms with Gasteiger partial charge in [0.25, 0.3) is 0 Å². The molecule has 0 spiro atoms. The van der Waals surface area contributed by atoms with Crippen LogP contribution in [-0.4, -0.2) is 24.1 Å². The molecule has 0 saturated carbocycles. The van der Waals surface area contributed by atoms with E-state index in [4.69, 9.17) is 21.5 Å². The van der Waals surface area contributed by atoms with E-state index in [-0.39, 0.29) is 0 Å². The van der Waals surface area contributed by atoms with Crippen LogP contribution in [0, 0.1) is 51.9 Å². The number of nitrogens with zero attached hydrogens (tertiary/aromatic N) is 10. The van der Waals surface area contributed by atoms with Crippen molar-refractivity contribution in [1.29, 1.82) is 21.0 Å². The van der Waals surface area contributed by atoms with E-state index in [9.17, 15) is 21.0 Å². The minimum atomic E-state index is 0.401. The Morgan fingerprint density at radius 1 is 0.361 bits per heavy atom. The highest BCUT2D eigenvalue weighted by molar-refractivity contribution is 6.12. The van der Waals surface area contributed by atoms with Gasteiger partial charge in [0.1, 0.15) is 0 Å².